The maximum atomic E-state index is 6.01. The molecule has 0 aromatic heterocycles. The van der Waals surface area contributed by atoms with Crippen LogP contribution in [-0.4, -0.2) is 11.9 Å². The summed E-state index contributed by atoms with van der Waals surface area (Å²) in [5, 5.41) is 0.981. The largest absolute Gasteiger partial charge is 0.493 e. The first-order chi connectivity index (χ1) is 10.2. The maximum Gasteiger partial charge on any atom is 0.119 e. The highest BCUT2D eigenvalue weighted by molar-refractivity contribution is 9.09. The van der Waals surface area contributed by atoms with Gasteiger partial charge in [0.15, 0.2) is 0 Å². The Morgan fingerprint density at radius 2 is 1.43 bits per heavy atom. The lowest BCUT2D eigenvalue weighted by atomic mass is 9.86. The van der Waals surface area contributed by atoms with Crippen molar-refractivity contribution in [2.45, 2.75) is 26.7 Å². The fraction of sp³-hybridized carbons (Fsp3) is 0.368. The quantitative estimate of drug-likeness (QED) is 0.564. The Balaban J connectivity index is 2.03. The van der Waals surface area contributed by atoms with Crippen molar-refractivity contribution < 1.29 is 4.74 Å². The standard InChI is InChI=1S/C19H23BrO/c1-3-19(4-2,14-20)15-21-18-12-10-17(11-13-18)16-8-6-5-7-9-16/h5-13H,3-4,14-15H2,1-2H3. The molecule has 0 fully saturated rings. The Kier molecular flexibility index (Phi) is 5.86. The molecule has 1 nitrogen and oxygen atoms in total. The second-order valence-electron chi connectivity index (χ2n) is 5.52. The lowest BCUT2D eigenvalue weighted by molar-refractivity contribution is 0.158. The highest BCUT2D eigenvalue weighted by Crippen LogP contribution is 2.30. The van der Waals surface area contributed by atoms with Crippen molar-refractivity contribution >= 4 is 15.9 Å². The molecule has 0 bridgehead atoms. The van der Waals surface area contributed by atoms with Crippen molar-refractivity contribution in [1.29, 1.82) is 0 Å². The van der Waals surface area contributed by atoms with Gasteiger partial charge in [-0.05, 0) is 36.1 Å². The van der Waals surface area contributed by atoms with Crippen LogP contribution in [0.25, 0.3) is 11.1 Å². The summed E-state index contributed by atoms with van der Waals surface area (Å²) in [4.78, 5) is 0. The van der Waals surface area contributed by atoms with Gasteiger partial charge in [-0.25, -0.2) is 0 Å². The van der Waals surface area contributed by atoms with Crippen LogP contribution in [0.2, 0.25) is 0 Å². The Labute approximate surface area is 136 Å². The lowest BCUT2D eigenvalue weighted by Crippen LogP contribution is -2.28. The van der Waals surface area contributed by atoms with Gasteiger partial charge in [0.2, 0.25) is 0 Å². The van der Waals surface area contributed by atoms with Gasteiger partial charge in [-0.15, -0.1) is 0 Å². The summed E-state index contributed by atoms with van der Waals surface area (Å²) < 4.78 is 6.01. The van der Waals surface area contributed by atoms with Crippen molar-refractivity contribution in [3.63, 3.8) is 0 Å². The van der Waals surface area contributed by atoms with Crippen LogP contribution >= 0.6 is 15.9 Å². The third-order valence-electron chi connectivity index (χ3n) is 4.29. The molecule has 0 amide bonds. The van der Waals surface area contributed by atoms with Gasteiger partial charge in [0.05, 0.1) is 6.61 Å². The van der Waals surface area contributed by atoms with Gasteiger partial charge in [-0.1, -0.05) is 72.2 Å². The van der Waals surface area contributed by atoms with Gasteiger partial charge < -0.3 is 4.74 Å². The first-order valence-corrected chi connectivity index (χ1v) is 8.69. The normalized spacial score (nSPS) is 11.4. The second kappa shape index (κ2) is 7.65. The maximum absolute atomic E-state index is 6.01. The van der Waals surface area contributed by atoms with Gasteiger partial charge >= 0.3 is 0 Å². The fourth-order valence-corrected chi connectivity index (χ4v) is 3.25. The minimum absolute atomic E-state index is 0.234. The molecule has 0 unspecified atom stereocenters. The first-order valence-electron chi connectivity index (χ1n) is 7.57. The van der Waals surface area contributed by atoms with Gasteiger partial charge in [0.1, 0.15) is 5.75 Å². The molecule has 112 valence electrons. The summed E-state index contributed by atoms with van der Waals surface area (Å²) in [6, 6.07) is 18.8. The molecule has 2 aromatic rings. The monoisotopic (exact) mass is 346 g/mol. The van der Waals surface area contributed by atoms with E-state index in [0.29, 0.717) is 0 Å². The van der Waals surface area contributed by atoms with E-state index in [4.69, 9.17) is 4.74 Å². The fourth-order valence-electron chi connectivity index (χ4n) is 2.29. The van der Waals surface area contributed by atoms with Crippen molar-refractivity contribution in [2.75, 3.05) is 11.9 Å². The smallest absolute Gasteiger partial charge is 0.119 e. The molecule has 0 saturated carbocycles. The number of benzene rings is 2. The van der Waals surface area contributed by atoms with E-state index in [1.165, 1.54) is 11.1 Å². The molecular weight excluding hydrogens is 324 g/mol. The van der Waals surface area contributed by atoms with Crippen LogP contribution in [0.1, 0.15) is 26.7 Å². The zero-order chi connectivity index (χ0) is 15.1. The second-order valence-corrected chi connectivity index (χ2v) is 6.08. The molecule has 0 heterocycles. The zero-order valence-electron chi connectivity index (χ0n) is 12.8. The summed E-state index contributed by atoms with van der Waals surface area (Å²) in [5.41, 5.74) is 2.69. The van der Waals surface area contributed by atoms with E-state index in [9.17, 15) is 0 Å². The molecule has 21 heavy (non-hydrogen) atoms. The number of hydrogen-bond donors (Lipinski definition) is 0. The molecule has 0 aliphatic rings. The van der Waals surface area contributed by atoms with Crippen LogP contribution in [0, 0.1) is 5.41 Å². The van der Waals surface area contributed by atoms with Crippen LogP contribution in [0.4, 0.5) is 0 Å². The van der Waals surface area contributed by atoms with Crippen molar-refractivity contribution in [1.82, 2.24) is 0 Å². The van der Waals surface area contributed by atoms with E-state index in [1.807, 2.05) is 6.07 Å². The van der Waals surface area contributed by atoms with E-state index in [0.717, 1.165) is 30.5 Å². The topological polar surface area (TPSA) is 9.23 Å². The van der Waals surface area contributed by atoms with Gasteiger partial charge in [-0.3, -0.25) is 0 Å². The molecule has 2 rings (SSSR count). The van der Waals surface area contributed by atoms with E-state index in [2.05, 4.69) is 78.3 Å². The summed E-state index contributed by atoms with van der Waals surface area (Å²) in [6.07, 6.45) is 2.24. The summed E-state index contributed by atoms with van der Waals surface area (Å²) >= 11 is 3.63. The average molecular weight is 347 g/mol. The summed E-state index contributed by atoms with van der Waals surface area (Å²) in [6.45, 7) is 5.22. The van der Waals surface area contributed by atoms with Gasteiger partial charge in [0.25, 0.3) is 0 Å². The molecule has 0 aliphatic carbocycles. The molecule has 0 N–H and O–H groups in total. The highest BCUT2D eigenvalue weighted by atomic mass is 79.9. The SMILES string of the molecule is CCC(CC)(CBr)COc1ccc(-c2ccccc2)cc1. The molecule has 0 atom stereocenters. The van der Waals surface area contributed by atoms with E-state index in [1.54, 1.807) is 0 Å². The predicted octanol–water partition coefficient (Wildman–Crippen LogP) is 5.93. The highest BCUT2D eigenvalue weighted by Gasteiger charge is 2.25. The Hall–Kier alpha value is -1.28. The lowest BCUT2D eigenvalue weighted by Gasteiger charge is -2.29. The molecular formula is C19H23BrO. The number of hydrogen-bond acceptors (Lipinski definition) is 1. The number of ether oxygens (including phenoxy) is 1. The predicted molar refractivity (Wildman–Crippen MR) is 94.2 cm³/mol. The van der Waals surface area contributed by atoms with Crippen LogP contribution in [0.5, 0.6) is 5.75 Å². The van der Waals surface area contributed by atoms with E-state index >= 15 is 0 Å². The van der Waals surface area contributed by atoms with Crippen molar-refractivity contribution in [3.8, 4) is 16.9 Å². The summed E-state index contributed by atoms with van der Waals surface area (Å²) in [7, 11) is 0. The number of rotatable bonds is 7. The third kappa shape index (κ3) is 4.10. The van der Waals surface area contributed by atoms with Crippen LogP contribution in [0.15, 0.2) is 54.6 Å². The van der Waals surface area contributed by atoms with Crippen LogP contribution in [-0.2, 0) is 0 Å². The van der Waals surface area contributed by atoms with Crippen molar-refractivity contribution in [2.24, 2.45) is 5.41 Å². The molecule has 0 aliphatic heterocycles. The average Bonchev–Trinajstić information content (AvgIpc) is 2.58. The number of alkyl halides is 1. The molecule has 2 aromatic carbocycles. The first kappa shape index (κ1) is 16.1. The van der Waals surface area contributed by atoms with Gasteiger partial charge in [0, 0.05) is 10.7 Å². The third-order valence-corrected chi connectivity index (χ3v) is 5.48. The zero-order valence-corrected chi connectivity index (χ0v) is 14.4. The summed E-state index contributed by atoms with van der Waals surface area (Å²) in [5.74, 6) is 0.946. The molecule has 0 saturated heterocycles. The minimum atomic E-state index is 0.234. The number of halogens is 1. The molecule has 2 heteroatoms. The van der Waals surface area contributed by atoms with Crippen molar-refractivity contribution in [3.05, 3.63) is 54.6 Å². The van der Waals surface area contributed by atoms with E-state index < -0.39 is 0 Å². The van der Waals surface area contributed by atoms with Crippen LogP contribution < -0.4 is 4.74 Å². The Morgan fingerprint density at radius 1 is 0.857 bits per heavy atom. The van der Waals surface area contributed by atoms with Crippen LogP contribution in [0.3, 0.4) is 0 Å². The Morgan fingerprint density at radius 3 is 1.95 bits per heavy atom. The van der Waals surface area contributed by atoms with E-state index in [-0.39, 0.29) is 5.41 Å². The molecule has 0 spiro atoms. The Bertz CT molecular complexity index is 521. The molecule has 0 radical (unpaired) electrons. The minimum Gasteiger partial charge on any atom is -0.493 e. The van der Waals surface area contributed by atoms with Gasteiger partial charge in [-0.2, -0.15) is 0 Å².